The lowest BCUT2D eigenvalue weighted by Gasteiger charge is -2.28. The number of fused-ring (bicyclic) bond motifs is 1. The van der Waals surface area contributed by atoms with Crippen LogP contribution >= 0.6 is 31.9 Å². The molecule has 2 amide bonds. The molecule has 6 nitrogen and oxygen atoms in total. The molecule has 1 aliphatic heterocycles. The van der Waals surface area contributed by atoms with E-state index in [1.165, 1.54) is 4.90 Å². The summed E-state index contributed by atoms with van der Waals surface area (Å²) in [6.45, 7) is 0.0961. The smallest absolute Gasteiger partial charge is 0.315 e. The van der Waals surface area contributed by atoms with E-state index in [0.717, 1.165) is 13.5 Å². The summed E-state index contributed by atoms with van der Waals surface area (Å²) < 4.78 is 41.0. The van der Waals surface area contributed by atoms with Gasteiger partial charge in [-0.2, -0.15) is 13.2 Å². The number of carbonyl (C=O) groups excluding carboxylic acids is 1. The van der Waals surface area contributed by atoms with E-state index in [0.29, 0.717) is 5.69 Å². The van der Waals surface area contributed by atoms with Crippen LogP contribution in [0.3, 0.4) is 0 Å². The Morgan fingerprint density at radius 2 is 1.92 bits per heavy atom. The van der Waals surface area contributed by atoms with Crippen molar-refractivity contribution in [2.24, 2.45) is 0 Å². The Morgan fingerprint density at radius 1 is 1.17 bits per heavy atom. The standard InChI is InChI=1S/C13H10Br2F3N5O/c14-8-2-1-7(5-9(8)15)19-12(24)22-3-4-23-10(6-22)20-21-11(23)13(16,17)18/h1-2,5H,3-4,6H2,(H,19,24). The average molecular weight is 469 g/mol. The molecule has 128 valence electrons. The predicted octanol–water partition coefficient (Wildman–Crippen LogP) is 3.87. The number of benzene rings is 1. The number of urea groups is 1. The largest absolute Gasteiger partial charge is 0.451 e. The Labute approximate surface area is 151 Å². The van der Waals surface area contributed by atoms with Gasteiger partial charge in [-0.3, -0.25) is 0 Å². The van der Waals surface area contributed by atoms with E-state index < -0.39 is 18.0 Å². The van der Waals surface area contributed by atoms with Gasteiger partial charge in [-0.15, -0.1) is 10.2 Å². The second-order valence-corrected chi connectivity index (χ2v) is 6.78. The van der Waals surface area contributed by atoms with Gasteiger partial charge in [0.1, 0.15) is 0 Å². The molecule has 11 heteroatoms. The molecule has 0 unspecified atom stereocenters. The highest BCUT2D eigenvalue weighted by Gasteiger charge is 2.39. The molecule has 1 aromatic carbocycles. The third-order valence-corrected chi connectivity index (χ3v) is 5.34. The van der Waals surface area contributed by atoms with Crippen LogP contribution in [-0.2, 0) is 19.3 Å². The van der Waals surface area contributed by atoms with E-state index in [1.54, 1.807) is 18.2 Å². The van der Waals surface area contributed by atoms with Gasteiger partial charge in [0.25, 0.3) is 0 Å². The summed E-state index contributed by atoms with van der Waals surface area (Å²) >= 11 is 6.66. The van der Waals surface area contributed by atoms with Crippen molar-refractivity contribution in [1.82, 2.24) is 19.7 Å². The molecule has 0 saturated heterocycles. The van der Waals surface area contributed by atoms with Gasteiger partial charge in [-0.25, -0.2) is 4.79 Å². The molecule has 0 aliphatic carbocycles. The molecule has 0 spiro atoms. The number of nitrogens with one attached hydrogen (secondary N) is 1. The summed E-state index contributed by atoms with van der Waals surface area (Å²) in [5.74, 6) is -0.921. The molecule has 0 saturated carbocycles. The van der Waals surface area contributed by atoms with Crippen LogP contribution in [0.15, 0.2) is 27.1 Å². The first-order valence-corrected chi connectivity index (χ1v) is 8.34. The fourth-order valence-corrected chi connectivity index (χ4v) is 2.94. The topological polar surface area (TPSA) is 63.1 Å². The molecule has 1 aliphatic rings. The lowest BCUT2D eigenvalue weighted by Crippen LogP contribution is -2.41. The fourth-order valence-electron chi connectivity index (χ4n) is 2.32. The Bertz CT molecular complexity index is 792. The molecule has 0 bridgehead atoms. The highest BCUT2D eigenvalue weighted by atomic mass is 79.9. The SMILES string of the molecule is O=C(Nc1ccc(Br)c(Br)c1)N1CCn2c(nnc2C(F)(F)F)C1. The molecule has 2 aromatic rings. The summed E-state index contributed by atoms with van der Waals surface area (Å²) in [6, 6.07) is 4.78. The number of carbonyl (C=O) groups is 1. The van der Waals surface area contributed by atoms with Crippen LogP contribution in [0.2, 0.25) is 0 Å². The maximum atomic E-state index is 12.8. The zero-order chi connectivity index (χ0) is 17.5. The number of alkyl halides is 3. The number of aromatic nitrogens is 3. The normalized spacial score (nSPS) is 14.5. The van der Waals surface area contributed by atoms with Crippen molar-refractivity contribution in [1.29, 1.82) is 0 Å². The quantitative estimate of drug-likeness (QED) is 0.691. The van der Waals surface area contributed by atoms with Crippen molar-refractivity contribution in [3.63, 3.8) is 0 Å². The van der Waals surface area contributed by atoms with Crippen molar-refractivity contribution < 1.29 is 18.0 Å². The minimum atomic E-state index is -4.56. The van der Waals surface area contributed by atoms with Gasteiger partial charge in [0.2, 0.25) is 5.82 Å². The minimum Gasteiger partial charge on any atom is -0.315 e. The van der Waals surface area contributed by atoms with Crippen LogP contribution in [0, 0.1) is 0 Å². The van der Waals surface area contributed by atoms with Gasteiger partial charge in [0.15, 0.2) is 5.82 Å². The van der Waals surface area contributed by atoms with Crippen LogP contribution in [0.4, 0.5) is 23.7 Å². The van der Waals surface area contributed by atoms with Crippen LogP contribution in [-0.4, -0.2) is 32.2 Å². The molecule has 1 aromatic heterocycles. The Hall–Kier alpha value is -1.62. The molecule has 1 N–H and O–H groups in total. The molecule has 2 heterocycles. The van der Waals surface area contributed by atoms with Crippen LogP contribution in [0.25, 0.3) is 0 Å². The van der Waals surface area contributed by atoms with Gasteiger partial charge < -0.3 is 14.8 Å². The van der Waals surface area contributed by atoms with Gasteiger partial charge in [-0.05, 0) is 50.1 Å². The summed E-state index contributed by atoms with van der Waals surface area (Å²) in [5.41, 5.74) is 0.568. The number of hydrogen-bond acceptors (Lipinski definition) is 3. The average Bonchev–Trinajstić information content (AvgIpc) is 2.94. The van der Waals surface area contributed by atoms with E-state index in [2.05, 4.69) is 47.4 Å². The highest BCUT2D eigenvalue weighted by Crippen LogP contribution is 2.30. The van der Waals surface area contributed by atoms with Crippen molar-refractivity contribution >= 4 is 43.6 Å². The molecule has 24 heavy (non-hydrogen) atoms. The number of anilines is 1. The molecule has 3 rings (SSSR count). The number of amides is 2. The van der Waals surface area contributed by atoms with Crippen LogP contribution in [0.5, 0.6) is 0 Å². The van der Waals surface area contributed by atoms with Crippen LogP contribution < -0.4 is 5.32 Å². The number of rotatable bonds is 1. The Morgan fingerprint density at radius 3 is 2.58 bits per heavy atom. The Balaban J connectivity index is 1.72. The predicted molar refractivity (Wildman–Crippen MR) is 86.3 cm³/mol. The number of nitrogens with zero attached hydrogens (tertiary/aromatic N) is 4. The van der Waals surface area contributed by atoms with Crippen molar-refractivity contribution in [3.05, 3.63) is 38.8 Å². The monoisotopic (exact) mass is 467 g/mol. The summed E-state index contributed by atoms with van der Waals surface area (Å²) in [4.78, 5) is 13.7. The third-order valence-electron chi connectivity index (χ3n) is 3.46. The van der Waals surface area contributed by atoms with Crippen molar-refractivity contribution in [2.45, 2.75) is 19.3 Å². The lowest BCUT2D eigenvalue weighted by molar-refractivity contribution is -0.147. The first-order chi connectivity index (χ1) is 11.3. The third kappa shape index (κ3) is 3.41. The van der Waals surface area contributed by atoms with Crippen molar-refractivity contribution in [2.75, 3.05) is 11.9 Å². The molecule has 0 radical (unpaired) electrons. The maximum Gasteiger partial charge on any atom is 0.451 e. The first kappa shape index (κ1) is 17.2. The van der Waals surface area contributed by atoms with E-state index >= 15 is 0 Å². The molecule has 0 atom stereocenters. The van der Waals surface area contributed by atoms with Gasteiger partial charge in [0.05, 0.1) is 6.54 Å². The second-order valence-electron chi connectivity index (χ2n) is 5.07. The molecular weight excluding hydrogens is 459 g/mol. The van der Waals surface area contributed by atoms with Gasteiger partial charge in [0, 0.05) is 27.7 Å². The van der Waals surface area contributed by atoms with E-state index in [4.69, 9.17) is 0 Å². The molecular formula is C13H10Br2F3N5O. The zero-order valence-electron chi connectivity index (χ0n) is 11.9. The lowest BCUT2D eigenvalue weighted by atomic mass is 10.3. The van der Waals surface area contributed by atoms with E-state index in [9.17, 15) is 18.0 Å². The zero-order valence-corrected chi connectivity index (χ0v) is 15.1. The van der Waals surface area contributed by atoms with E-state index in [-0.39, 0.29) is 25.5 Å². The van der Waals surface area contributed by atoms with E-state index in [1.807, 2.05) is 0 Å². The van der Waals surface area contributed by atoms with Gasteiger partial charge in [-0.1, -0.05) is 0 Å². The Kier molecular flexibility index (Phi) is 4.56. The van der Waals surface area contributed by atoms with Crippen molar-refractivity contribution in [3.8, 4) is 0 Å². The highest BCUT2D eigenvalue weighted by molar-refractivity contribution is 9.13. The minimum absolute atomic E-state index is 0.00533. The summed E-state index contributed by atoms with van der Waals surface area (Å²) in [5, 5.41) is 9.44. The number of halogens is 5. The second kappa shape index (κ2) is 6.36. The molecule has 0 fully saturated rings. The summed E-state index contributed by atoms with van der Waals surface area (Å²) in [6.07, 6.45) is -4.56. The number of hydrogen-bond donors (Lipinski definition) is 1. The summed E-state index contributed by atoms with van der Waals surface area (Å²) in [7, 11) is 0. The fraction of sp³-hybridized carbons (Fsp3) is 0.308. The van der Waals surface area contributed by atoms with Gasteiger partial charge >= 0.3 is 12.2 Å². The van der Waals surface area contributed by atoms with Crippen LogP contribution in [0.1, 0.15) is 11.6 Å². The first-order valence-electron chi connectivity index (χ1n) is 6.76. The maximum absolute atomic E-state index is 12.8.